The number of thiophene rings is 2. The van der Waals surface area contributed by atoms with Gasteiger partial charge in [-0.15, -0.1) is 22.7 Å². The van der Waals surface area contributed by atoms with Crippen molar-refractivity contribution in [2.45, 2.75) is 38.3 Å². The fourth-order valence-electron chi connectivity index (χ4n) is 3.37. The Morgan fingerprint density at radius 2 is 2.04 bits per heavy atom. The number of urea groups is 1. The summed E-state index contributed by atoms with van der Waals surface area (Å²) in [6.07, 6.45) is 1.07. The van der Waals surface area contributed by atoms with Gasteiger partial charge in [0.15, 0.2) is 0 Å². The molecule has 2 aromatic rings. The highest BCUT2D eigenvalue weighted by molar-refractivity contribution is 7.12. The Balaban J connectivity index is 1.59. The normalized spacial score (nSPS) is 24.6. The Morgan fingerprint density at radius 3 is 2.64 bits per heavy atom. The van der Waals surface area contributed by atoms with Crippen LogP contribution in [0.15, 0.2) is 40.1 Å². The molecule has 9 heteroatoms. The number of nitrogens with one attached hydrogen (secondary N) is 1. The van der Waals surface area contributed by atoms with Crippen LogP contribution in [0.4, 0.5) is 4.79 Å². The van der Waals surface area contributed by atoms with Gasteiger partial charge >= 0.3 is 6.03 Å². The predicted molar refractivity (Wildman–Crippen MR) is 108 cm³/mol. The summed E-state index contributed by atoms with van der Waals surface area (Å²) >= 11 is 3.14. The van der Waals surface area contributed by atoms with Crippen LogP contribution in [-0.4, -0.2) is 45.5 Å². The Hall–Kier alpha value is -2.52. The molecular formula is C19H20N4O3S2. The topological polar surface area (TPSA) is 82.1 Å². The summed E-state index contributed by atoms with van der Waals surface area (Å²) in [5, 5.41) is 12.6. The number of nitrogens with zero attached hydrogens (tertiary/aromatic N) is 3. The molecule has 2 atom stereocenters. The van der Waals surface area contributed by atoms with Crippen molar-refractivity contribution in [3.63, 3.8) is 0 Å². The molecule has 0 aliphatic carbocycles. The molecule has 4 rings (SSSR count). The molecule has 4 heterocycles. The van der Waals surface area contributed by atoms with Gasteiger partial charge in [-0.2, -0.15) is 5.10 Å². The van der Waals surface area contributed by atoms with Crippen LogP contribution in [0.2, 0.25) is 0 Å². The van der Waals surface area contributed by atoms with Gasteiger partial charge < -0.3 is 5.32 Å². The summed E-state index contributed by atoms with van der Waals surface area (Å²) in [5.41, 5.74) is -0.113. The van der Waals surface area contributed by atoms with Crippen LogP contribution in [0.1, 0.15) is 42.5 Å². The highest BCUT2D eigenvalue weighted by Crippen LogP contribution is 2.36. The average molecular weight is 417 g/mol. The molecule has 0 radical (unpaired) electrons. The minimum Gasteiger partial charge on any atom is -0.323 e. The van der Waals surface area contributed by atoms with Gasteiger partial charge in [-0.3, -0.25) is 14.5 Å². The van der Waals surface area contributed by atoms with E-state index in [1.54, 1.807) is 29.6 Å². The largest absolute Gasteiger partial charge is 0.325 e. The van der Waals surface area contributed by atoms with E-state index in [-0.39, 0.29) is 24.4 Å². The standard InChI is InChI=1S/C19H20N4O3S2/c1-3-19(2)17(25)22(18(26)20-19)11-16(24)23-13(15-7-5-9-28-15)10-12(21-23)14-6-4-8-27-14/h4-9,13H,3,10-11H2,1-2H3,(H,20,26)/t13-,19+/m0/s1. The van der Waals surface area contributed by atoms with Crippen LogP contribution >= 0.6 is 22.7 Å². The highest BCUT2D eigenvalue weighted by Gasteiger charge is 2.48. The number of hydrogen-bond acceptors (Lipinski definition) is 6. The predicted octanol–water partition coefficient (Wildman–Crippen LogP) is 3.21. The number of carbonyl (C=O) groups excluding carboxylic acids is 3. The van der Waals surface area contributed by atoms with E-state index in [1.807, 2.05) is 41.9 Å². The molecule has 146 valence electrons. The molecule has 4 amide bonds. The monoisotopic (exact) mass is 416 g/mol. The number of amides is 4. The zero-order valence-corrected chi connectivity index (χ0v) is 17.2. The van der Waals surface area contributed by atoms with E-state index >= 15 is 0 Å². The van der Waals surface area contributed by atoms with Crippen molar-refractivity contribution in [3.8, 4) is 0 Å². The van der Waals surface area contributed by atoms with Gasteiger partial charge in [-0.1, -0.05) is 19.1 Å². The van der Waals surface area contributed by atoms with Crippen LogP contribution in [0.25, 0.3) is 0 Å². The third kappa shape index (κ3) is 3.14. The number of carbonyl (C=O) groups is 3. The first-order chi connectivity index (χ1) is 13.4. The fraction of sp³-hybridized carbons (Fsp3) is 0.368. The number of rotatable bonds is 5. The summed E-state index contributed by atoms with van der Waals surface area (Å²) in [5.74, 6) is -0.739. The molecule has 0 unspecified atom stereocenters. The van der Waals surface area contributed by atoms with Crippen LogP contribution in [0.5, 0.6) is 0 Å². The van der Waals surface area contributed by atoms with Crippen LogP contribution in [0, 0.1) is 0 Å². The molecule has 28 heavy (non-hydrogen) atoms. The van der Waals surface area contributed by atoms with Gasteiger partial charge in [0.25, 0.3) is 11.8 Å². The lowest BCUT2D eigenvalue weighted by atomic mass is 9.99. The molecule has 0 saturated carbocycles. The van der Waals surface area contributed by atoms with Crippen molar-refractivity contribution < 1.29 is 14.4 Å². The smallest absolute Gasteiger partial charge is 0.323 e. The van der Waals surface area contributed by atoms with Gasteiger partial charge in [0, 0.05) is 11.3 Å². The maximum Gasteiger partial charge on any atom is 0.325 e. The SMILES string of the molecule is CC[C@@]1(C)NC(=O)N(CC(=O)N2N=C(c3cccs3)C[C@H]2c2cccs2)C1=O. The van der Waals surface area contributed by atoms with Crippen LogP contribution in [0.3, 0.4) is 0 Å². The minimum absolute atomic E-state index is 0.220. The van der Waals surface area contributed by atoms with E-state index in [2.05, 4.69) is 10.4 Å². The molecule has 2 aliphatic heterocycles. The quantitative estimate of drug-likeness (QED) is 0.760. The van der Waals surface area contributed by atoms with Gasteiger partial charge in [0.05, 0.1) is 16.6 Å². The molecule has 0 spiro atoms. The minimum atomic E-state index is -0.957. The van der Waals surface area contributed by atoms with Crippen molar-refractivity contribution in [3.05, 3.63) is 44.8 Å². The van der Waals surface area contributed by atoms with Gasteiger partial charge in [-0.05, 0) is 36.2 Å². The second-order valence-electron chi connectivity index (χ2n) is 7.00. The summed E-state index contributed by atoms with van der Waals surface area (Å²) < 4.78 is 0. The Morgan fingerprint density at radius 1 is 1.29 bits per heavy atom. The second-order valence-corrected chi connectivity index (χ2v) is 8.93. The third-order valence-electron chi connectivity index (χ3n) is 5.19. The fourth-order valence-corrected chi connectivity index (χ4v) is 4.91. The number of imide groups is 1. The first-order valence-corrected chi connectivity index (χ1v) is 10.8. The summed E-state index contributed by atoms with van der Waals surface area (Å²) in [6.45, 7) is 3.19. The zero-order chi connectivity index (χ0) is 19.9. The van der Waals surface area contributed by atoms with Crippen LogP contribution in [-0.2, 0) is 9.59 Å². The van der Waals surface area contributed by atoms with E-state index in [0.29, 0.717) is 12.8 Å². The molecule has 7 nitrogen and oxygen atoms in total. The Bertz CT molecular complexity index is 939. The third-order valence-corrected chi connectivity index (χ3v) is 7.08. The second kappa shape index (κ2) is 7.14. The highest BCUT2D eigenvalue weighted by atomic mass is 32.1. The summed E-state index contributed by atoms with van der Waals surface area (Å²) in [4.78, 5) is 41.0. The number of hydrazone groups is 1. The van der Waals surface area contributed by atoms with Crippen molar-refractivity contribution in [2.24, 2.45) is 5.10 Å². The van der Waals surface area contributed by atoms with E-state index in [1.165, 1.54) is 5.01 Å². The van der Waals surface area contributed by atoms with Crippen molar-refractivity contribution >= 4 is 46.2 Å². The molecule has 0 aromatic carbocycles. The lowest BCUT2D eigenvalue weighted by Crippen LogP contribution is -2.44. The molecule has 2 aliphatic rings. The van der Waals surface area contributed by atoms with Gasteiger partial charge in [0.2, 0.25) is 0 Å². The first-order valence-electron chi connectivity index (χ1n) is 9.04. The maximum atomic E-state index is 13.1. The van der Waals surface area contributed by atoms with Crippen molar-refractivity contribution in [1.82, 2.24) is 15.2 Å². The molecular weight excluding hydrogens is 396 g/mol. The molecule has 1 fully saturated rings. The summed E-state index contributed by atoms with van der Waals surface area (Å²) in [6, 6.07) is 7.10. The average Bonchev–Trinajstić information content (AvgIpc) is 3.45. The lowest BCUT2D eigenvalue weighted by molar-refractivity contribution is -0.139. The van der Waals surface area contributed by atoms with Crippen LogP contribution < -0.4 is 5.32 Å². The lowest BCUT2D eigenvalue weighted by Gasteiger charge is -2.23. The van der Waals surface area contributed by atoms with Gasteiger partial charge in [-0.25, -0.2) is 9.80 Å². The van der Waals surface area contributed by atoms with Crippen molar-refractivity contribution in [2.75, 3.05) is 6.54 Å². The Labute approximate surface area is 170 Å². The molecule has 1 N–H and O–H groups in total. The number of hydrogen-bond donors (Lipinski definition) is 1. The van der Waals surface area contributed by atoms with Crippen molar-refractivity contribution in [1.29, 1.82) is 0 Å². The van der Waals surface area contributed by atoms with E-state index in [9.17, 15) is 14.4 Å². The Kier molecular flexibility index (Phi) is 4.80. The molecule has 2 aromatic heterocycles. The summed E-state index contributed by atoms with van der Waals surface area (Å²) in [7, 11) is 0. The maximum absolute atomic E-state index is 13.1. The van der Waals surface area contributed by atoms with E-state index in [0.717, 1.165) is 20.4 Å². The van der Waals surface area contributed by atoms with E-state index in [4.69, 9.17) is 0 Å². The first kappa shape index (κ1) is 18.8. The van der Waals surface area contributed by atoms with E-state index < -0.39 is 11.6 Å². The molecule has 1 saturated heterocycles. The van der Waals surface area contributed by atoms with Gasteiger partial charge in [0.1, 0.15) is 12.1 Å². The molecule has 0 bridgehead atoms. The zero-order valence-electron chi connectivity index (χ0n) is 15.5.